The van der Waals surface area contributed by atoms with Gasteiger partial charge < -0.3 is 5.32 Å². The molecule has 2 N–H and O–H groups in total. The summed E-state index contributed by atoms with van der Waals surface area (Å²) >= 11 is 12.4. The molecule has 9 heteroatoms. The Morgan fingerprint density at radius 3 is 2.38 bits per heavy atom. The van der Waals surface area contributed by atoms with Gasteiger partial charge in [0.2, 0.25) is 11.0 Å². The number of carbonyl (C=O) groups excluding carboxylic acids is 2. The molecule has 0 aliphatic rings. The predicted octanol–water partition coefficient (Wildman–Crippen LogP) is 3.79. The van der Waals surface area contributed by atoms with Crippen LogP contribution in [-0.2, 0) is 9.59 Å². The van der Waals surface area contributed by atoms with E-state index in [1.807, 2.05) is 45.0 Å². The third-order valence-electron chi connectivity index (χ3n) is 3.95. The summed E-state index contributed by atoms with van der Waals surface area (Å²) < 4.78 is 0. The van der Waals surface area contributed by atoms with Gasteiger partial charge in [-0.05, 0) is 12.8 Å². The van der Waals surface area contributed by atoms with Crippen molar-refractivity contribution in [1.82, 2.24) is 15.5 Å². The number of hydrogen-bond acceptors (Lipinski definition) is 5. The fraction of sp³-hybridized carbons (Fsp3) is 0.412. The van der Waals surface area contributed by atoms with Gasteiger partial charge in [0.05, 0.1) is 0 Å². The van der Waals surface area contributed by atoms with Crippen molar-refractivity contribution in [3.63, 3.8) is 0 Å². The van der Waals surface area contributed by atoms with Gasteiger partial charge in [0, 0.05) is 5.56 Å². The van der Waals surface area contributed by atoms with E-state index < -0.39 is 16.8 Å². The number of halogens is 2. The molecular weight excluding hydrogens is 395 g/mol. The molecule has 0 spiro atoms. The topological polar surface area (TPSA) is 84.0 Å². The molecule has 2 rings (SSSR count). The zero-order valence-corrected chi connectivity index (χ0v) is 17.0. The highest BCUT2D eigenvalue weighted by Gasteiger charge is 2.28. The quantitative estimate of drug-likeness (QED) is 0.674. The van der Waals surface area contributed by atoms with Crippen LogP contribution in [-0.4, -0.2) is 32.9 Å². The highest BCUT2D eigenvalue weighted by molar-refractivity contribution is 7.18. The third kappa shape index (κ3) is 5.40. The molecule has 140 valence electrons. The first-order valence-corrected chi connectivity index (χ1v) is 9.80. The highest BCUT2D eigenvalue weighted by atomic mass is 35.5. The maximum atomic E-state index is 12.6. The molecule has 2 aromatic rings. The average Bonchev–Trinajstić information content (AvgIpc) is 3.07. The normalized spacial score (nSPS) is 13.3. The van der Waals surface area contributed by atoms with Crippen LogP contribution in [0.15, 0.2) is 24.3 Å². The van der Waals surface area contributed by atoms with Crippen LogP contribution in [0, 0.1) is 12.8 Å². The summed E-state index contributed by atoms with van der Waals surface area (Å²) in [5.74, 6) is -1.09. The van der Waals surface area contributed by atoms with Crippen molar-refractivity contribution in [3.05, 3.63) is 29.8 Å². The van der Waals surface area contributed by atoms with Gasteiger partial charge in [-0.2, -0.15) is 0 Å². The number of alkyl halides is 2. The number of aromatic nitrogens is 2. The lowest BCUT2D eigenvalue weighted by Gasteiger charge is -2.23. The zero-order valence-electron chi connectivity index (χ0n) is 14.6. The van der Waals surface area contributed by atoms with E-state index in [9.17, 15) is 9.59 Å². The summed E-state index contributed by atoms with van der Waals surface area (Å²) in [6.45, 7) is 5.79. The molecule has 6 nitrogen and oxygen atoms in total. The molecule has 0 aliphatic heterocycles. The Morgan fingerprint density at radius 2 is 1.81 bits per heavy atom. The molecule has 1 aromatic carbocycles. The Labute approximate surface area is 166 Å². The fourth-order valence-electron chi connectivity index (χ4n) is 2.19. The largest absolute Gasteiger partial charge is 0.342 e. The maximum absolute atomic E-state index is 12.6. The van der Waals surface area contributed by atoms with E-state index in [-0.39, 0.29) is 11.8 Å². The molecular formula is C17H20Cl2N4O2S. The van der Waals surface area contributed by atoms with E-state index in [4.69, 9.17) is 23.2 Å². The second-order valence-corrected chi connectivity index (χ2v) is 8.01. The lowest BCUT2D eigenvalue weighted by molar-refractivity contribution is -0.126. The van der Waals surface area contributed by atoms with Gasteiger partial charge in [0.15, 0.2) is 4.84 Å². The molecule has 0 aliphatic carbocycles. The molecule has 0 saturated heterocycles. The molecule has 1 heterocycles. The van der Waals surface area contributed by atoms with Crippen LogP contribution in [0.25, 0.3) is 10.6 Å². The zero-order chi connectivity index (χ0) is 19.3. The minimum absolute atomic E-state index is 0.101. The second kappa shape index (κ2) is 9.30. The summed E-state index contributed by atoms with van der Waals surface area (Å²) in [5, 5.41) is 14.5. The van der Waals surface area contributed by atoms with Crippen molar-refractivity contribution in [2.75, 3.05) is 5.32 Å². The van der Waals surface area contributed by atoms with E-state index >= 15 is 0 Å². The molecule has 0 unspecified atom stereocenters. The first kappa shape index (κ1) is 20.6. The summed E-state index contributed by atoms with van der Waals surface area (Å²) in [6.07, 6.45) is 0.693. The van der Waals surface area contributed by atoms with Crippen LogP contribution in [0.3, 0.4) is 0 Å². The van der Waals surface area contributed by atoms with E-state index in [0.717, 1.165) is 11.1 Å². The standard InChI is InChI=1S/C17H20Cl2N4O2S/c1-4-10(3)12(20-15(25)13(18)19)14(24)21-17-23-22-16(26-17)11-7-5-9(2)6-8-11/h5-8,10,12-13H,4H2,1-3H3,(H,20,25)(H,21,23,24)/t10-,12-/m0/s1. The number of amides is 2. The Balaban J connectivity index is 2.11. The van der Waals surface area contributed by atoms with Crippen LogP contribution in [0.5, 0.6) is 0 Å². The Morgan fingerprint density at radius 1 is 1.15 bits per heavy atom. The molecule has 0 fully saturated rings. The van der Waals surface area contributed by atoms with E-state index in [1.54, 1.807) is 0 Å². The van der Waals surface area contributed by atoms with Gasteiger partial charge in [-0.15, -0.1) is 10.2 Å². The number of rotatable bonds is 7. The number of anilines is 1. The van der Waals surface area contributed by atoms with Crippen molar-refractivity contribution < 1.29 is 9.59 Å². The van der Waals surface area contributed by atoms with Crippen LogP contribution < -0.4 is 10.6 Å². The van der Waals surface area contributed by atoms with Crippen molar-refractivity contribution in [3.8, 4) is 10.6 Å². The highest BCUT2D eigenvalue weighted by Crippen LogP contribution is 2.26. The fourth-order valence-corrected chi connectivity index (χ4v) is 3.07. The summed E-state index contributed by atoms with van der Waals surface area (Å²) in [7, 11) is 0. The van der Waals surface area contributed by atoms with Gasteiger partial charge in [0.25, 0.3) is 5.91 Å². The van der Waals surface area contributed by atoms with Crippen molar-refractivity contribution in [2.45, 2.75) is 38.1 Å². The first-order valence-electron chi connectivity index (χ1n) is 8.11. The van der Waals surface area contributed by atoms with Gasteiger partial charge in [0.1, 0.15) is 11.0 Å². The number of aryl methyl sites for hydroxylation is 1. The number of nitrogens with zero attached hydrogens (tertiary/aromatic N) is 2. The second-order valence-electron chi connectivity index (χ2n) is 5.94. The first-order chi connectivity index (χ1) is 12.3. The minimum atomic E-state index is -1.23. The van der Waals surface area contributed by atoms with Gasteiger partial charge in [-0.3, -0.25) is 14.9 Å². The number of benzene rings is 1. The van der Waals surface area contributed by atoms with Crippen LogP contribution in [0.4, 0.5) is 5.13 Å². The molecule has 26 heavy (non-hydrogen) atoms. The molecule has 2 amide bonds. The Hall–Kier alpha value is -1.70. The summed E-state index contributed by atoms with van der Waals surface area (Å²) in [5.41, 5.74) is 2.07. The summed E-state index contributed by atoms with van der Waals surface area (Å²) in [4.78, 5) is 23.1. The maximum Gasteiger partial charge on any atom is 0.253 e. The van der Waals surface area contributed by atoms with E-state index in [0.29, 0.717) is 16.6 Å². The summed E-state index contributed by atoms with van der Waals surface area (Å²) in [6, 6.07) is 7.10. The van der Waals surface area contributed by atoms with E-state index in [2.05, 4.69) is 20.8 Å². The van der Waals surface area contributed by atoms with Crippen molar-refractivity contribution >= 4 is 51.5 Å². The number of hydrogen-bond donors (Lipinski definition) is 2. The molecule has 0 saturated carbocycles. The molecule has 0 radical (unpaired) electrons. The van der Waals surface area contributed by atoms with Gasteiger partial charge >= 0.3 is 0 Å². The SMILES string of the molecule is CC[C@H](C)[C@H](NC(=O)C(Cl)Cl)C(=O)Nc1nnc(-c2ccc(C)cc2)s1. The van der Waals surface area contributed by atoms with Gasteiger partial charge in [-0.1, -0.05) is 84.6 Å². The monoisotopic (exact) mass is 414 g/mol. The third-order valence-corrected chi connectivity index (χ3v) is 5.23. The lowest BCUT2D eigenvalue weighted by Crippen LogP contribution is -2.49. The average molecular weight is 415 g/mol. The van der Waals surface area contributed by atoms with Crippen molar-refractivity contribution in [2.24, 2.45) is 5.92 Å². The molecule has 0 bridgehead atoms. The predicted molar refractivity (Wildman–Crippen MR) is 106 cm³/mol. The lowest BCUT2D eigenvalue weighted by atomic mass is 9.98. The molecule has 1 aromatic heterocycles. The number of carbonyl (C=O) groups is 2. The Kier molecular flexibility index (Phi) is 7.37. The minimum Gasteiger partial charge on any atom is -0.342 e. The number of nitrogens with one attached hydrogen (secondary N) is 2. The van der Waals surface area contributed by atoms with Crippen LogP contribution in [0.2, 0.25) is 0 Å². The smallest absolute Gasteiger partial charge is 0.253 e. The van der Waals surface area contributed by atoms with Crippen LogP contribution >= 0.6 is 34.5 Å². The van der Waals surface area contributed by atoms with Crippen LogP contribution in [0.1, 0.15) is 25.8 Å². The Bertz CT molecular complexity index is 764. The molecule has 2 atom stereocenters. The van der Waals surface area contributed by atoms with Gasteiger partial charge in [-0.25, -0.2) is 0 Å². The van der Waals surface area contributed by atoms with Crippen molar-refractivity contribution in [1.29, 1.82) is 0 Å². The van der Waals surface area contributed by atoms with E-state index in [1.165, 1.54) is 11.3 Å².